The SMILES string of the molecule is CCC(N)c1cccc(C[C@H]2C=CC=CC2)c1. The molecular formula is C16H21N. The minimum Gasteiger partial charge on any atom is -0.324 e. The van der Waals surface area contributed by atoms with E-state index in [1.165, 1.54) is 11.1 Å². The molecule has 90 valence electrons. The molecule has 2 rings (SSSR count). The summed E-state index contributed by atoms with van der Waals surface area (Å²) in [5.74, 6) is 0.646. The topological polar surface area (TPSA) is 26.0 Å². The Kier molecular flexibility index (Phi) is 4.16. The largest absolute Gasteiger partial charge is 0.324 e. The van der Waals surface area contributed by atoms with Gasteiger partial charge in [-0.15, -0.1) is 0 Å². The van der Waals surface area contributed by atoms with Gasteiger partial charge in [0.2, 0.25) is 0 Å². The summed E-state index contributed by atoms with van der Waals surface area (Å²) < 4.78 is 0. The first-order valence-electron chi connectivity index (χ1n) is 6.47. The summed E-state index contributed by atoms with van der Waals surface area (Å²) in [4.78, 5) is 0. The van der Waals surface area contributed by atoms with Crippen LogP contribution >= 0.6 is 0 Å². The number of nitrogens with two attached hydrogens (primary N) is 1. The molecule has 2 atom stereocenters. The number of hydrogen-bond acceptors (Lipinski definition) is 1. The van der Waals surface area contributed by atoms with Gasteiger partial charge in [0.1, 0.15) is 0 Å². The quantitative estimate of drug-likeness (QED) is 0.832. The predicted octanol–water partition coefficient (Wildman–Crippen LogP) is 3.77. The molecule has 0 heterocycles. The van der Waals surface area contributed by atoms with Gasteiger partial charge in [0, 0.05) is 6.04 Å². The molecule has 0 amide bonds. The molecule has 0 saturated heterocycles. The van der Waals surface area contributed by atoms with Gasteiger partial charge < -0.3 is 5.73 Å². The Hall–Kier alpha value is -1.34. The van der Waals surface area contributed by atoms with Crippen molar-refractivity contribution in [2.24, 2.45) is 11.7 Å². The van der Waals surface area contributed by atoms with Crippen LogP contribution in [0.5, 0.6) is 0 Å². The van der Waals surface area contributed by atoms with E-state index in [0.29, 0.717) is 5.92 Å². The van der Waals surface area contributed by atoms with Crippen molar-refractivity contribution in [3.63, 3.8) is 0 Å². The van der Waals surface area contributed by atoms with Crippen molar-refractivity contribution in [1.29, 1.82) is 0 Å². The molecule has 2 N–H and O–H groups in total. The maximum atomic E-state index is 6.07. The molecule has 1 heteroatoms. The van der Waals surface area contributed by atoms with Crippen LogP contribution in [0.25, 0.3) is 0 Å². The zero-order chi connectivity index (χ0) is 12.1. The van der Waals surface area contributed by atoms with E-state index >= 15 is 0 Å². The highest BCUT2D eigenvalue weighted by atomic mass is 14.6. The first-order chi connectivity index (χ1) is 8.29. The summed E-state index contributed by atoms with van der Waals surface area (Å²) in [6.45, 7) is 2.13. The van der Waals surface area contributed by atoms with E-state index in [2.05, 4.69) is 55.5 Å². The second kappa shape index (κ2) is 5.83. The number of allylic oxidation sites excluding steroid dienone is 4. The maximum absolute atomic E-state index is 6.07. The van der Waals surface area contributed by atoms with Gasteiger partial charge in [-0.1, -0.05) is 55.5 Å². The number of hydrogen-bond donors (Lipinski definition) is 1. The third-order valence-corrected chi connectivity index (χ3v) is 3.39. The van der Waals surface area contributed by atoms with Crippen LogP contribution in [0.2, 0.25) is 0 Å². The highest BCUT2D eigenvalue weighted by Crippen LogP contribution is 2.20. The fourth-order valence-corrected chi connectivity index (χ4v) is 2.27. The van der Waals surface area contributed by atoms with Crippen LogP contribution in [0.4, 0.5) is 0 Å². The summed E-state index contributed by atoms with van der Waals surface area (Å²) in [5.41, 5.74) is 8.73. The van der Waals surface area contributed by atoms with Gasteiger partial charge in [-0.25, -0.2) is 0 Å². The van der Waals surface area contributed by atoms with Gasteiger partial charge in [0.15, 0.2) is 0 Å². The van der Waals surface area contributed by atoms with E-state index in [-0.39, 0.29) is 6.04 Å². The summed E-state index contributed by atoms with van der Waals surface area (Å²) in [6.07, 6.45) is 12.1. The van der Waals surface area contributed by atoms with Gasteiger partial charge in [0.05, 0.1) is 0 Å². The van der Waals surface area contributed by atoms with E-state index in [1.54, 1.807) is 0 Å². The number of benzene rings is 1. The minimum absolute atomic E-state index is 0.178. The molecule has 0 aromatic heterocycles. The van der Waals surface area contributed by atoms with Crippen molar-refractivity contribution in [2.45, 2.75) is 32.2 Å². The van der Waals surface area contributed by atoms with Crippen LogP contribution < -0.4 is 5.73 Å². The molecule has 0 radical (unpaired) electrons. The Bertz CT molecular complexity index is 417. The van der Waals surface area contributed by atoms with Crippen LogP contribution in [0.3, 0.4) is 0 Å². The van der Waals surface area contributed by atoms with Gasteiger partial charge in [-0.3, -0.25) is 0 Å². The van der Waals surface area contributed by atoms with Gasteiger partial charge >= 0.3 is 0 Å². The zero-order valence-corrected chi connectivity index (χ0v) is 10.5. The Labute approximate surface area is 104 Å². The first-order valence-corrected chi connectivity index (χ1v) is 6.47. The molecule has 1 aromatic rings. The molecule has 0 saturated carbocycles. The van der Waals surface area contributed by atoms with E-state index < -0.39 is 0 Å². The molecule has 1 aliphatic rings. The monoisotopic (exact) mass is 227 g/mol. The molecule has 0 fully saturated rings. The van der Waals surface area contributed by atoms with Gasteiger partial charge in [0.25, 0.3) is 0 Å². The highest BCUT2D eigenvalue weighted by Gasteiger charge is 2.08. The van der Waals surface area contributed by atoms with Crippen molar-refractivity contribution in [3.8, 4) is 0 Å². The van der Waals surface area contributed by atoms with Gasteiger partial charge in [-0.2, -0.15) is 0 Å². The summed E-state index contributed by atoms with van der Waals surface area (Å²) in [7, 11) is 0. The lowest BCUT2D eigenvalue weighted by atomic mass is 9.91. The maximum Gasteiger partial charge on any atom is 0.0292 e. The smallest absolute Gasteiger partial charge is 0.0292 e. The Morgan fingerprint density at radius 3 is 2.94 bits per heavy atom. The molecule has 0 spiro atoms. The molecule has 1 aliphatic carbocycles. The lowest BCUT2D eigenvalue weighted by Crippen LogP contribution is -2.09. The van der Waals surface area contributed by atoms with Gasteiger partial charge in [-0.05, 0) is 36.3 Å². The molecule has 1 nitrogen and oxygen atoms in total. The number of rotatable bonds is 4. The third kappa shape index (κ3) is 3.31. The minimum atomic E-state index is 0.178. The van der Waals surface area contributed by atoms with Crippen molar-refractivity contribution in [3.05, 3.63) is 59.7 Å². The van der Waals surface area contributed by atoms with Crippen LogP contribution in [-0.2, 0) is 6.42 Å². The average Bonchev–Trinajstić information content (AvgIpc) is 2.39. The summed E-state index contributed by atoms with van der Waals surface area (Å²) in [5, 5.41) is 0. The zero-order valence-electron chi connectivity index (χ0n) is 10.5. The first kappa shape index (κ1) is 12.1. The van der Waals surface area contributed by atoms with Crippen molar-refractivity contribution in [2.75, 3.05) is 0 Å². The van der Waals surface area contributed by atoms with E-state index in [0.717, 1.165) is 19.3 Å². The lowest BCUT2D eigenvalue weighted by Gasteiger charge is -2.15. The molecular weight excluding hydrogens is 206 g/mol. The Morgan fingerprint density at radius 1 is 1.35 bits per heavy atom. The van der Waals surface area contributed by atoms with E-state index in [1.807, 2.05) is 0 Å². The van der Waals surface area contributed by atoms with E-state index in [4.69, 9.17) is 5.73 Å². The van der Waals surface area contributed by atoms with E-state index in [9.17, 15) is 0 Å². The van der Waals surface area contributed by atoms with Crippen LogP contribution in [0, 0.1) is 5.92 Å². The third-order valence-electron chi connectivity index (χ3n) is 3.39. The Morgan fingerprint density at radius 2 is 2.24 bits per heavy atom. The average molecular weight is 227 g/mol. The fraction of sp³-hybridized carbons (Fsp3) is 0.375. The molecule has 17 heavy (non-hydrogen) atoms. The second-order valence-electron chi connectivity index (χ2n) is 4.77. The fourth-order valence-electron chi connectivity index (χ4n) is 2.27. The predicted molar refractivity (Wildman–Crippen MR) is 73.8 cm³/mol. The normalized spacial score (nSPS) is 20.5. The molecule has 0 bridgehead atoms. The molecule has 1 aromatic carbocycles. The molecule has 1 unspecified atom stereocenters. The highest BCUT2D eigenvalue weighted by molar-refractivity contribution is 5.27. The lowest BCUT2D eigenvalue weighted by molar-refractivity contribution is 0.649. The van der Waals surface area contributed by atoms with Crippen LogP contribution in [0.1, 0.15) is 36.9 Å². The van der Waals surface area contributed by atoms with Crippen molar-refractivity contribution < 1.29 is 0 Å². The Balaban J connectivity index is 2.05. The molecule has 0 aliphatic heterocycles. The summed E-state index contributed by atoms with van der Waals surface area (Å²) >= 11 is 0. The van der Waals surface area contributed by atoms with Crippen molar-refractivity contribution >= 4 is 0 Å². The van der Waals surface area contributed by atoms with Crippen LogP contribution in [-0.4, -0.2) is 0 Å². The standard InChI is InChI=1S/C16H21N/c1-2-16(17)15-10-6-9-14(12-15)11-13-7-4-3-5-8-13/h3-7,9-10,12-13,16H,2,8,11,17H2,1H3/t13-,16?/m0/s1. The second-order valence-corrected chi connectivity index (χ2v) is 4.77. The van der Waals surface area contributed by atoms with Crippen LogP contribution in [0.15, 0.2) is 48.6 Å². The summed E-state index contributed by atoms with van der Waals surface area (Å²) in [6, 6.07) is 8.91. The van der Waals surface area contributed by atoms with Crippen molar-refractivity contribution in [1.82, 2.24) is 0 Å².